The Hall–Kier alpha value is -2.76. The van der Waals surface area contributed by atoms with Crippen molar-refractivity contribution in [1.29, 1.82) is 0 Å². The molecule has 0 aliphatic heterocycles. The minimum Gasteiger partial charge on any atom is -0.497 e. The van der Waals surface area contributed by atoms with E-state index in [-0.39, 0.29) is 5.92 Å². The number of nitrogens with one attached hydrogen (secondary N) is 2. The van der Waals surface area contributed by atoms with Crippen LogP contribution < -0.4 is 10.1 Å². The van der Waals surface area contributed by atoms with Crippen LogP contribution in [0.1, 0.15) is 13.8 Å². The van der Waals surface area contributed by atoms with Crippen molar-refractivity contribution in [1.82, 2.24) is 9.97 Å². The molecule has 0 bridgehead atoms. The molecule has 0 atom stereocenters. The Morgan fingerprint density at radius 1 is 1.30 bits per heavy atom. The van der Waals surface area contributed by atoms with Crippen LogP contribution in [0.4, 0.5) is 10.6 Å². The predicted octanol–water partition coefficient (Wildman–Crippen LogP) is 3.93. The quantitative estimate of drug-likeness (QED) is 0.765. The number of carbonyl (C=O) groups excluding carboxylic acids is 1. The summed E-state index contributed by atoms with van der Waals surface area (Å²) < 4.78 is 10.4. The average molecular weight is 313 g/mol. The Balaban J connectivity index is 1.96. The van der Waals surface area contributed by atoms with E-state index in [9.17, 15) is 4.79 Å². The Kier molecular flexibility index (Phi) is 4.06. The topological polar surface area (TPSA) is 76.2 Å². The highest BCUT2D eigenvalue weighted by Gasteiger charge is 2.13. The van der Waals surface area contributed by atoms with Crippen molar-refractivity contribution in [3.05, 3.63) is 30.5 Å². The number of rotatable bonds is 4. The van der Waals surface area contributed by atoms with Gasteiger partial charge in [-0.15, -0.1) is 0 Å². The van der Waals surface area contributed by atoms with E-state index in [0.717, 1.165) is 27.6 Å². The van der Waals surface area contributed by atoms with E-state index in [4.69, 9.17) is 9.47 Å². The lowest BCUT2D eigenvalue weighted by molar-refractivity contribution is 0.147. The number of hydrogen-bond acceptors (Lipinski definition) is 4. The molecule has 0 aliphatic carbocycles. The highest BCUT2D eigenvalue weighted by atomic mass is 16.5. The second-order valence-corrected chi connectivity index (χ2v) is 5.74. The second kappa shape index (κ2) is 6.16. The number of ether oxygens (including phenoxy) is 2. The number of benzene rings is 1. The maximum Gasteiger partial charge on any atom is 0.412 e. The third-order valence-electron chi connectivity index (χ3n) is 3.50. The summed E-state index contributed by atoms with van der Waals surface area (Å²) in [5, 5.41) is 4.72. The number of nitrogens with zero attached hydrogens (tertiary/aromatic N) is 1. The molecule has 1 aromatic carbocycles. The van der Waals surface area contributed by atoms with Crippen LogP contribution in [0, 0.1) is 5.92 Å². The van der Waals surface area contributed by atoms with Crippen LogP contribution in [0.3, 0.4) is 0 Å². The fourth-order valence-corrected chi connectivity index (χ4v) is 2.41. The molecule has 2 N–H and O–H groups in total. The van der Waals surface area contributed by atoms with Crippen LogP contribution in [0.5, 0.6) is 5.75 Å². The number of H-pyrrole nitrogens is 1. The van der Waals surface area contributed by atoms with E-state index in [2.05, 4.69) is 15.3 Å². The maximum atomic E-state index is 11.9. The molecular formula is C17H19N3O3. The van der Waals surface area contributed by atoms with Gasteiger partial charge in [-0.3, -0.25) is 5.32 Å². The highest BCUT2D eigenvalue weighted by molar-refractivity contribution is 6.11. The molecule has 0 aliphatic rings. The van der Waals surface area contributed by atoms with Crippen molar-refractivity contribution in [2.75, 3.05) is 19.0 Å². The Labute approximate surface area is 133 Å². The minimum atomic E-state index is -0.505. The highest BCUT2D eigenvalue weighted by Crippen LogP contribution is 2.31. The molecule has 0 spiro atoms. The number of amides is 1. The number of carbonyl (C=O) groups is 1. The Morgan fingerprint density at radius 3 is 2.87 bits per heavy atom. The number of fused-ring (bicyclic) bond motifs is 3. The zero-order valence-corrected chi connectivity index (χ0v) is 13.3. The number of anilines is 1. The van der Waals surface area contributed by atoms with E-state index >= 15 is 0 Å². The molecule has 0 saturated carbocycles. The van der Waals surface area contributed by atoms with E-state index in [1.807, 2.05) is 38.1 Å². The van der Waals surface area contributed by atoms with Gasteiger partial charge in [0.15, 0.2) is 5.82 Å². The van der Waals surface area contributed by atoms with Crippen LogP contribution >= 0.6 is 0 Å². The molecule has 1 amide bonds. The molecule has 6 nitrogen and oxygen atoms in total. The summed E-state index contributed by atoms with van der Waals surface area (Å²) >= 11 is 0. The first kappa shape index (κ1) is 15.1. The van der Waals surface area contributed by atoms with Crippen molar-refractivity contribution < 1.29 is 14.3 Å². The summed E-state index contributed by atoms with van der Waals surface area (Å²) in [6.45, 7) is 4.33. The first-order chi connectivity index (χ1) is 11.1. The van der Waals surface area contributed by atoms with Gasteiger partial charge in [-0.25, -0.2) is 9.78 Å². The zero-order valence-electron chi connectivity index (χ0n) is 13.3. The standard InChI is InChI=1S/C17H19N3O3/c1-10(2)9-23-17(21)20-16-15-13(6-7-18-16)12-5-4-11(22-3)8-14(12)19-15/h4-8,10,19H,9H2,1-3H3,(H,18,20,21). The monoisotopic (exact) mass is 313 g/mol. The Bertz CT molecular complexity index is 855. The van der Waals surface area contributed by atoms with Crippen LogP contribution in [-0.4, -0.2) is 29.8 Å². The predicted molar refractivity (Wildman–Crippen MR) is 90.0 cm³/mol. The minimum absolute atomic E-state index is 0.282. The van der Waals surface area contributed by atoms with Gasteiger partial charge in [0.2, 0.25) is 0 Å². The van der Waals surface area contributed by atoms with Gasteiger partial charge in [0.05, 0.1) is 24.8 Å². The number of methoxy groups -OCH3 is 1. The lowest BCUT2D eigenvalue weighted by atomic mass is 10.2. The molecule has 120 valence electrons. The first-order valence-corrected chi connectivity index (χ1v) is 7.46. The maximum absolute atomic E-state index is 11.9. The lowest BCUT2D eigenvalue weighted by Gasteiger charge is -2.08. The summed E-state index contributed by atoms with van der Waals surface area (Å²) in [7, 11) is 1.63. The summed E-state index contributed by atoms with van der Waals surface area (Å²) in [6.07, 6.45) is 1.16. The number of aromatic nitrogens is 2. The molecule has 2 heterocycles. The van der Waals surface area contributed by atoms with Crippen LogP contribution in [-0.2, 0) is 4.74 Å². The largest absolute Gasteiger partial charge is 0.497 e. The summed E-state index contributed by atoms with van der Waals surface area (Å²) in [5.74, 6) is 1.50. The van der Waals surface area contributed by atoms with Gasteiger partial charge in [-0.1, -0.05) is 13.8 Å². The molecule has 3 aromatic rings. The van der Waals surface area contributed by atoms with Crippen molar-refractivity contribution >= 4 is 33.7 Å². The van der Waals surface area contributed by atoms with Crippen LogP contribution in [0.25, 0.3) is 21.8 Å². The fraction of sp³-hybridized carbons (Fsp3) is 0.294. The number of aromatic amines is 1. The van der Waals surface area contributed by atoms with E-state index in [1.165, 1.54) is 0 Å². The molecule has 0 saturated heterocycles. The van der Waals surface area contributed by atoms with Gasteiger partial charge in [0.1, 0.15) is 5.75 Å². The molecule has 0 fully saturated rings. The molecule has 2 aromatic heterocycles. The van der Waals surface area contributed by atoms with Crippen molar-refractivity contribution in [3.8, 4) is 5.75 Å². The lowest BCUT2D eigenvalue weighted by Crippen LogP contribution is -2.17. The first-order valence-electron chi connectivity index (χ1n) is 7.46. The Morgan fingerprint density at radius 2 is 2.13 bits per heavy atom. The molecule has 0 radical (unpaired) electrons. The SMILES string of the molecule is COc1ccc2c(c1)[nH]c1c(NC(=O)OCC(C)C)nccc12. The third kappa shape index (κ3) is 3.06. The smallest absolute Gasteiger partial charge is 0.412 e. The van der Waals surface area contributed by atoms with Gasteiger partial charge >= 0.3 is 6.09 Å². The van der Waals surface area contributed by atoms with Crippen molar-refractivity contribution in [2.45, 2.75) is 13.8 Å². The van der Waals surface area contributed by atoms with Gasteiger partial charge in [0.25, 0.3) is 0 Å². The molecular weight excluding hydrogens is 294 g/mol. The van der Waals surface area contributed by atoms with Crippen molar-refractivity contribution in [2.24, 2.45) is 5.92 Å². The van der Waals surface area contributed by atoms with E-state index in [0.29, 0.717) is 12.4 Å². The molecule has 3 rings (SSSR count). The number of pyridine rings is 1. The normalized spacial score (nSPS) is 11.1. The van der Waals surface area contributed by atoms with Crippen molar-refractivity contribution in [3.63, 3.8) is 0 Å². The summed E-state index contributed by atoms with van der Waals surface area (Å²) in [4.78, 5) is 19.4. The fourth-order valence-electron chi connectivity index (χ4n) is 2.41. The third-order valence-corrected chi connectivity index (χ3v) is 3.50. The molecule has 6 heteroatoms. The van der Waals surface area contributed by atoms with Gasteiger partial charge < -0.3 is 14.5 Å². The second-order valence-electron chi connectivity index (χ2n) is 5.74. The van der Waals surface area contributed by atoms with Gasteiger partial charge in [-0.2, -0.15) is 0 Å². The zero-order chi connectivity index (χ0) is 16.4. The number of hydrogen-bond donors (Lipinski definition) is 2. The molecule has 23 heavy (non-hydrogen) atoms. The summed E-state index contributed by atoms with van der Waals surface area (Å²) in [6, 6.07) is 7.70. The van der Waals surface area contributed by atoms with Crippen LogP contribution in [0.15, 0.2) is 30.5 Å². The van der Waals surface area contributed by atoms with Gasteiger partial charge in [-0.05, 0) is 24.1 Å². The molecule has 0 unspecified atom stereocenters. The average Bonchev–Trinajstić information content (AvgIpc) is 2.91. The van der Waals surface area contributed by atoms with Gasteiger partial charge in [0, 0.05) is 23.0 Å². The van der Waals surface area contributed by atoms with Crippen LogP contribution in [0.2, 0.25) is 0 Å². The van der Waals surface area contributed by atoms with E-state index in [1.54, 1.807) is 13.3 Å². The van der Waals surface area contributed by atoms with E-state index < -0.39 is 6.09 Å². The summed E-state index contributed by atoms with van der Waals surface area (Å²) in [5.41, 5.74) is 1.68.